The molecule has 0 saturated heterocycles. The molecular weight excluding hydrogens is 1520 g/mol. The molecule has 0 unspecified atom stereocenters. The fraction of sp³-hybridized carbons (Fsp3) is 0.402. The first-order valence-corrected chi connectivity index (χ1v) is 38.0. The van der Waals surface area contributed by atoms with Gasteiger partial charge in [0.05, 0.1) is 22.7 Å². The van der Waals surface area contributed by atoms with Gasteiger partial charge in [-0.25, -0.2) is 58.3 Å². The molecule has 0 aliphatic rings. The van der Waals surface area contributed by atoms with E-state index in [2.05, 4.69) is 82.4 Å². The predicted molar refractivity (Wildman–Crippen MR) is 477 cm³/mol. The molecule has 0 radical (unpaired) electrons. The van der Waals surface area contributed by atoms with Crippen LogP contribution in [0.3, 0.4) is 0 Å². The average molecular weight is 1640 g/mol. The molecule has 0 aliphatic carbocycles. The Kier molecular flexibility index (Phi) is 30.8. The fourth-order valence-electron chi connectivity index (χ4n) is 13.6. The lowest BCUT2D eigenvalue weighted by atomic mass is 9.97. The number of carbonyl (C=O) groups is 4. The number of pyridine rings is 4. The largest absolute Gasteiger partial charge is 0.454 e. The molecule has 12 N–H and O–H groups in total. The number of H-pyrrole nitrogens is 4. The summed E-state index contributed by atoms with van der Waals surface area (Å²) in [6.45, 7) is 46.7. The van der Waals surface area contributed by atoms with Crippen molar-refractivity contribution in [1.82, 2.24) is 79.4 Å². The van der Waals surface area contributed by atoms with E-state index in [4.69, 9.17) is 18.9 Å². The van der Waals surface area contributed by atoms with Gasteiger partial charge in [-0.1, -0.05) is 22.3 Å². The van der Waals surface area contributed by atoms with Crippen LogP contribution < -0.4 is 84.2 Å². The molecule has 8 heterocycles. The lowest BCUT2D eigenvalue weighted by Crippen LogP contribution is -2.34. The summed E-state index contributed by atoms with van der Waals surface area (Å²) in [5.74, 6) is 4.61. The highest BCUT2D eigenvalue weighted by Crippen LogP contribution is 2.45. The molecule has 0 atom stereocenters. The first-order valence-electron chi connectivity index (χ1n) is 38.0. The van der Waals surface area contributed by atoms with Gasteiger partial charge in [-0.15, -0.1) is 0 Å². The minimum absolute atomic E-state index is 0. The summed E-state index contributed by atoms with van der Waals surface area (Å²) in [6.07, 6.45) is 6.39. The molecule has 32 nitrogen and oxygen atoms in total. The number of imidazole rings is 4. The zero-order chi connectivity index (χ0) is 85.8. The van der Waals surface area contributed by atoms with Crippen LogP contribution in [0.5, 0.6) is 46.0 Å². The first kappa shape index (κ1) is 94.7. The quantitative estimate of drug-likeness (QED) is 0.0427. The highest BCUT2D eigenvalue weighted by molar-refractivity contribution is 5.96. The van der Waals surface area contributed by atoms with Crippen LogP contribution in [0.25, 0.3) is 44.7 Å². The number of aromatic nitrogens is 12. The number of hydrogen-bond acceptors (Lipinski definition) is 16. The smallest absolute Gasteiger partial charge is 0.329 e. The maximum atomic E-state index is 12.4. The Balaban J connectivity index is 0.000000244. The van der Waals surface area contributed by atoms with E-state index in [1.165, 1.54) is 18.3 Å². The van der Waals surface area contributed by atoms with Gasteiger partial charge in [0.2, 0.25) is 0 Å². The van der Waals surface area contributed by atoms with Crippen LogP contribution in [-0.2, 0) is 28.2 Å². The lowest BCUT2D eigenvalue weighted by molar-refractivity contribution is 0.249. The zero-order valence-electron chi connectivity index (χ0n) is 71.4. The standard InChI is InChI=1S/C22H29N5O3.2C21H27N5O3.C20H25N5O3.3CH4/c1-11(2)24-21(28)25-17-13(4)12(3)14(5)19(15(17)6)30-16-9-10-23-20-18(16)26(7)22(29)27(20)8;1-10(2)23-20(27)24-16-12(4)11(3)13(5)18(14(16)6)29-15-8-9-22-19-17(15)26(7)21(28)25-19;1-10(2)23-20(27)24-16-12(4)11(3)13(5)18(14(16)6)29-15-8-9-22-19-17(15)25-21(28)26(19)7;1-9(2)22-19(26)23-15-11(4)10(3)12(5)17(13(15)6)28-14-7-8-21-18-16(14)24-20(27)25-18;;;/h9-11H,1-8H3,(H2,24,25,28);8-10H,1-7H3,(H,22,25,28)(H2,23,24,27);8-10H,1-7H3,(H,25,28)(H2,23,24,27);7-9H,1-6H3,(H2,22,23,26)(H2,21,24,25,27);3*1H4. The second-order valence-corrected chi connectivity index (χ2v) is 30.2. The maximum Gasteiger partial charge on any atom is 0.329 e. The number of nitrogens with zero attached hydrogens (tertiary/aromatic N) is 8. The number of amides is 8. The van der Waals surface area contributed by atoms with Crippen LogP contribution >= 0.6 is 0 Å². The number of ether oxygens (including phenoxy) is 4. The van der Waals surface area contributed by atoms with E-state index in [1.54, 1.807) is 77.2 Å². The minimum atomic E-state index is -0.347. The topological polar surface area (TPSA) is 404 Å². The van der Waals surface area contributed by atoms with E-state index in [0.717, 1.165) is 100 Å². The van der Waals surface area contributed by atoms with E-state index in [-0.39, 0.29) is 93.3 Å². The third-order valence-electron chi connectivity index (χ3n) is 20.7. The summed E-state index contributed by atoms with van der Waals surface area (Å²) < 4.78 is 31.0. The Morgan fingerprint density at radius 2 is 0.622 bits per heavy atom. The van der Waals surface area contributed by atoms with Crippen molar-refractivity contribution in [2.45, 2.75) is 213 Å². The predicted octanol–water partition coefficient (Wildman–Crippen LogP) is 17.2. The molecule has 12 rings (SSSR count). The molecule has 8 aromatic heterocycles. The van der Waals surface area contributed by atoms with Gasteiger partial charge in [-0.3, -0.25) is 28.2 Å². The van der Waals surface area contributed by atoms with Gasteiger partial charge in [-0.2, -0.15) is 0 Å². The van der Waals surface area contributed by atoms with Crippen molar-refractivity contribution < 1.29 is 38.1 Å². The third-order valence-corrected chi connectivity index (χ3v) is 20.7. The average Bonchev–Trinajstić information content (AvgIpc) is 1.72. The van der Waals surface area contributed by atoms with Gasteiger partial charge in [0.1, 0.15) is 45.1 Å². The van der Waals surface area contributed by atoms with E-state index in [0.29, 0.717) is 102 Å². The molecule has 0 aliphatic heterocycles. The molecule has 0 spiro atoms. The van der Waals surface area contributed by atoms with Crippen LogP contribution in [0.15, 0.2) is 68.2 Å². The molecule has 12 aromatic rings. The molecule has 119 heavy (non-hydrogen) atoms. The van der Waals surface area contributed by atoms with Gasteiger partial charge in [-0.05, 0) is 233 Å². The van der Waals surface area contributed by atoms with Crippen LogP contribution in [0.1, 0.15) is 167 Å². The number of benzene rings is 4. The third kappa shape index (κ3) is 20.1. The first-order chi connectivity index (χ1) is 54.4. The van der Waals surface area contributed by atoms with E-state index in [9.17, 15) is 38.4 Å². The number of anilines is 4. The van der Waals surface area contributed by atoms with E-state index in [1.807, 2.05) is 166 Å². The SMILES string of the molecule is C.C.C.Cc1c(C)c(NC(=O)NC(C)C)c(C)c(Oc2ccnc3[nH]c(=O)[nH]c23)c1C.Cc1c(C)c(NC(=O)NC(C)C)c(C)c(Oc2ccnc3[nH]c(=O)n(C)c23)c1C.Cc1c(C)c(NC(=O)NC(C)C)c(C)c(Oc2ccnc3c2[nH]c(=O)n3C)c1C.Cc1c(C)c(NC(=O)NC(C)C)c(C)c(Oc2ccnc3c2n(C)c(=O)n3C)c1C. The maximum absolute atomic E-state index is 12.4. The molecule has 640 valence electrons. The molecule has 0 fully saturated rings. The molecule has 8 amide bonds. The van der Waals surface area contributed by atoms with Crippen molar-refractivity contribution in [2.24, 2.45) is 28.2 Å². The van der Waals surface area contributed by atoms with Crippen molar-refractivity contribution in [3.05, 3.63) is 180 Å². The van der Waals surface area contributed by atoms with Gasteiger partial charge < -0.3 is 71.4 Å². The number of aryl methyl sites for hydroxylation is 4. The summed E-state index contributed by atoms with van der Waals surface area (Å²) in [7, 11) is 6.70. The van der Waals surface area contributed by atoms with E-state index < -0.39 is 0 Å². The highest BCUT2D eigenvalue weighted by Gasteiger charge is 2.27. The Hall–Kier alpha value is -13.2. The number of carbonyl (C=O) groups excluding carboxylic acids is 4. The van der Waals surface area contributed by atoms with Gasteiger partial charge >= 0.3 is 46.9 Å². The van der Waals surface area contributed by atoms with Gasteiger partial charge in [0.15, 0.2) is 45.6 Å². The van der Waals surface area contributed by atoms with Crippen molar-refractivity contribution in [2.75, 3.05) is 21.3 Å². The number of urea groups is 4. The Labute approximate surface area is 693 Å². The van der Waals surface area contributed by atoms with Crippen molar-refractivity contribution >= 4 is 91.5 Å². The van der Waals surface area contributed by atoms with Crippen LogP contribution in [0.2, 0.25) is 0 Å². The van der Waals surface area contributed by atoms with Gasteiger partial charge in [0, 0.05) is 124 Å². The summed E-state index contributed by atoms with van der Waals surface area (Å²) in [6, 6.07) is 5.92. The fourth-order valence-corrected chi connectivity index (χ4v) is 13.6. The van der Waals surface area contributed by atoms with Gasteiger partial charge in [0.25, 0.3) is 0 Å². The number of fused-ring (bicyclic) bond motifs is 4. The Bertz CT molecular complexity index is 6100. The number of nitrogens with one attached hydrogen (secondary N) is 12. The van der Waals surface area contributed by atoms with E-state index >= 15 is 0 Å². The molecule has 4 aromatic carbocycles. The van der Waals surface area contributed by atoms with Crippen LogP contribution in [0, 0.1) is 111 Å². The summed E-state index contributed by atoms with van der Waals surface area (Å²) in [5.41, 5.74) is 21.2. The normalized spacial score (nSPS) is 10.9. The van der Waals surface area contributed by atoms with Crippen molar-refractivity contribution in [3.8, 4) is 46.0 Å². The molecule has 0 saturated carbocycles. The Morgan fingerprint density at radius 3 is 0.983 bits per heavy atom. The minimum Gasteiger partial charge on any atom is -0.454 e. The van der Waals surface area contributed by atoms with Crippen molar-refractivity contribution in [1.29, 1.82) is 0 Å². The second kappa shape index (κ2) is 38.7. The summed E-state index contributed by atoms with van der Waals surface area (Å²) >= 11 is 0. The van der Waals surface area contributed by atoms with Crippen molar-refractivity contribution in [3.63, 3.8) is 0 Å². The molecule has 0 bridgehead atoms. The summed E-state index contributed by atoms with van der Waals surface area (Å²) in [4.78, 5) is 125. The highest BCUT2D eigenvalue weighted by atomic mass is 16.5. The number of hydrogen-bond donors (Lipinski definition) is 12. The summed E-state index contributed by atoms with van der Waals surface area (Å²) in [5, 5.41) is 23.2. The number of aromatic amines is 4. The Morgan fingerprint density at radius 1 is 0.319 bits per heavy atom. The lowest BCUT2D eigenvalue weighted by Gasteiger charge is -2.22. The number of rotatable bonds is 16. The molecular formula is C87H120N20O12. The van der Waals surface area contributed by atoms with Crippen LogP contribution in [-0.4, -0.2) is 106 Å². The monoisotopic (exact) mass is 1640 g/mol. The van der Waals surface area contributed by atoms with Crippen LogP contribution in [0.4, 0.5) is 41.9 Å². The second-order valence-electron chi connectivity index (χ2n) is 30.2. The zero-order valence-corrected chi connectivity index (χ0v) is 71.4. The molecule has 32 heteroatoms.